The topological polar surface area (TPSA) is 207 Å². The van der Waals surface area contributed by atoms with Crippen molar-refractivity contribution in [2.24, 2.45) is 13.0 Å². The van der Waals surface area contributed by atoms with Crippen molar-refractivity contribution in [2.75, 3.05) is 57.4 Å². The van der Waals surface area contributed by atoms with Crippen LogP contribution in [-0.2, 0) is 27.8 Å². The zero-order valence-electron chi connectivity index (χ0n) is 42.6. The number of β-amino-alcohol motifs (C(OH)–C–C–N with tert-alkyl or cyclic N) is 1. The molecule has 3 N–H and O–H groups in total. The molecule has 5 fully saturated rings. The van der Waals surface area contributed by atoms with Crippen molar-refractivity contribution in [3.05, 3.63) is 76.3 Å². The summed E-state index contributed by atoms with van der Waals surface area (Å²) in [4.78, 5) is 71.2. The van der Waals surface area contributed by atoms with E-state index in [1.165, 1.54) is 33.5 Å². The number of rotatable bonds is 13. The molecule has 3 amide bonds. The van der Waals surface area contributed by atoms with Gasteiger partial charge < -0.3 is 34.2 Å². The molecule has 4 atom stereocenters. The molecule has 11 rings (SSSR count). The number of halogens is 2. The van der Waals surface area contributed by atoms with E-state index in [0.717, 1.165) is 51.5 Å². The zero-order valence-corrected chi connectivity index (χ0v) is 42.6. The molecule has 3 aromatic carbocycles. The number of anilines is 1. The number of phenols is 1. The number of ether oxygens (including phenoxy) is 3. The fourth-order valence-electron chi connectivity index (χ4n) is 12.6. The number of likely N-dealkylation sites (tertiary alicyclic amines) is 1. The highest BCUT2D eigenvalue weighted by atomic mass is 19.1. The molecular formula is C55H63F2N9O9. The number of amides is 3. The Hall–Kier alpha value is -6.93. The number of pyridine rings is 1. The van der Waals surface area contributed by atoms with Crippen LogP contribution in [0.3, 0.4) is 0 Å². The van der Waals surface area contributed by atoms with Crippen LogP contribution >= 0.6 is 0 Å². The van der Waals surface area contributed by atoms with Gasteiger partial charge in [0.2, 0.25) is 11.8 Å². The molecule has 396 valence electrons. The van der Waals surface area contributed by atoms with Crippen LogP contribution in [0.2, 0.25) is 0 Å². The molecule has 0 spiro atoms. The highest BCUT2D eigenvalue weighted by molar-refractivity contribution is 6.02. The number of aliphatic hydroxyl groups is 1. The van der Waals surface area contributed by atoms with E-state index in [1.54, 1.807) is 43.1 Å². The molecule has 5 aliphatic rings. The maximum Gasteiger partial charge on any atom is 0.409 e. The van der Waals surface area contributed by atoms with Gasteiger partial charge in [0.25, 0.3) is 0 Å². The number of hydrogen-bond donors (Lipinski definition) is 3. The average molecular weight is 1030 g/mol. The molecule has 0 aliphatic carbocycles. The number of carbonyl (C=O) groups is 3. The third-order valence-electron chi connectivity index (χ3n) is 16.5. The fraction of sp³-hybridized carbons (Fsp3) is 0.509. The SMILES string of the molecule is CCc1c(F)ccc2cc(O)cc(-c3ncc4c(N5CCC[C@@](C)(O)C5)nc(OC[C@@]56CCCN5[C@@H](COC(=O)N5CCC(CCOc7ccc8c(c7)n(C)c(=O)n8C7CCC(=O)NC7=O)CC5)CC6)nc4c3F)c12. The summed E-state index contributed by atoms with van der Waals surface area (Å²) in [6.07, 6.45) is 8.96. The molecule has 0 bridgehead atoms. The summed E-state index contributed by atoms with van der Waals surface area (Å²) in [7, 11) is 1.65. The Balaban J connectivity index is 0.723. The number of aromatic hydroxyl groups is 1. The van der Waals surface area contributed by atoms with E-state index in [-0.39, 0.29) is 90.4 Å². The molecule has 6 aromatic rings. The lowest BCUT2D eigenvalue weighted by molar-refractivity contribution is -0.135. The van der Waals surface area contributed by atoms with Gasteiger partial charge in [-0.25, -0.2) is 18.4 Å². The van der Waals surface area contributed by atoms with Crippen LogP contribution in [0.1, 0.15) is 96.1 Å². The van der Waals surface area contributed by atoms with Gasteiger partial charge in [0, 0.05) is 63.5 Å². The minimum Gasteiger partial charge on any atom is -0.508 e. The van der Waals surface area contributed by atoms with Crippen molar-refractivity contribution in [2.45, 2.75) is 114 Å². The third-order valence-corrected chi connectivity index (χ3v) is 16.5. The average Bonchev–Trinajstić information content (AvgIpc) is 4.05. The number of imide groups is 1. The second-order valence-corrected chi connectivity index (χ2v) is 21.5. The lowest BCUT2D eigenvalue weighted by atomic mass is 9.94. The Bertz CT molecular complexity index is 3300. The number of carbonyl (C=O) groups excluding carboxylic acids is 3. The van der Waals surface area contributed by atoms with E-state index in [0.29, 0.717) is 95.7 Å². The first-order chi connectivity index (χ1) is 36.1. The van der Waals surface area contributed by atoms with Gasteiger partial charge in [0.1, 0.15) is 53.6 Å². The number of phenolic OH excluding ortho intramolecular Hbond substituents is 1. The number of nitrogens with one attached hydrogen (secondary N) is 1. The van der Waals surface area contributed by atoms with Crippen LogP contribution < -0.4 is 25.4 Å². The minimum absolute atomic E-state index is 0.0166. The molecule has 8 heterocycles. The molecule has 3 aromatic heterocycles. The normalized spacial score (nSPS) is 23.6. The Labute approximate surface area is 431 Å². The summed E-state index contributed by atoms with van der Waals surface area (Å²) in [6.45, 7) is 7.25. The maximum atomic E-state index is 17.2. The Morgan fingerprint density at radius 2 is 1.75 bits per heavy atom. The maximum absolute atomic E-state index is 17.2. The molecule has 0 radical (unpaired) electrons. The molecule has 1 unspecified atom stereocenters. The minimum atomic E-state index is -1.01. The van der Waals surface area contributed by atoms with Gasteiger partial charge >= 0.3 is 17.8 Å². The molecular weight excluding hydrogens is 969 g/mol. The second-order valence-electron chi connectivity index (χ2n) is 21.5. The van der Waals surface area contributed by atoms with Gasteiger partial charge in [-0.1, -0.05) is 13.0 Å². The van der Waals surface area contributed by atoms with Gasteiger partial charge in [-0.15, -0.1) is 0 Å². The van der Waals surface area contributed by atoms with Crippen molar-refractivity contribution < 1.29 is 47.6 Å². The summed E-state index contributed by atoms with van der Waals surface area (Å²) in [5.74, 6) is -0.808. The number of nitrogens with zero attached hydrogens (tertiary/aromatic N) is 8. The molecule has 0 saturated carbocycles. The smallest absolute Gasteiger partial charge is 0.409 e. The third kappa shape index (κ3) is 9.48. The van der Waals surface area contributed by atoms with Crippen LogP contribution in [0.25, 0.3) is 44.0 Å². The van der Waals surface area contributed by atoms with Crippen LogP contribution in [0.15, 0.2) is 53.5 Å². The molecule has 18 nitrogen and oxygen atoms in total. The van der Waals surface area contributed by atoms with E-state index >= 15 is 8.78 Å². The number of fused-ring (bicyclic) bond motifs is 4. The van der Waals surface area contributed by atoms with Gasteiger partial charge in [0.05, 0.1) is 34.2 Å². The predicted octanol–water partition coefficient (Wildman–Crippen LogP) is 7.07. The van der Waals surface area contributed by atoms with Gasteiger partial charge in [-0.2, -0.15) is 9.97 Å². The standard InChI is InChI=1S/C55H63F2N9O9/c1-4-37-40(56)9-7-33-25-35(67)26-38(45(33)37)47-46(57)48-39(28-58-47)49(64-20-5-17-54(2,72)30-64)61-51(60-48)75-31-55-18-6-21-65(55)34(13-19-55)29-74-53(71)63-22-14-32(15-23-63)16-24-73-36-8-10-41-43(27-36)62(3)52(70)66(41)42-11-12-44(68)59-50(42)69/h7-10,25-28,32,34,42,67,72H,4-6,11-24,29-31H2,1-3H3,(H,59,68,69)/t34-,42?,54-,55+/m1/s1. The summed E-state index contributed by atoms with van der Waals surface area (Å²) in [5, 5.41) is 25.6. The Morgan fingerprint density at radius 1 is 0.933 bits per heavy atom. The van der Waals surface area contributed by atoms with Crippen molar-refractivity contribution in [3.8, 4) is 28.8 Å². The van der Waals surface area contributed by atoms with E-state index in [9.17, 15) is 29.4 Å². The summed E-state index contributed by atoms with van der Waals surface area (Å²) < 4.78 is 54.0. The lowest BCUT2D eigenvalue weighted by Crippen LogP contribution is -2.48. The first kappa shape index (κ1) is 50.2. The quantitative estimate of drug-likeness (QED) is 0.0991. The van der Waals surface area contributed by atoms with Crippen molar-refractivity contribution in [1.82, 2.24) is 39.2 Å². The van der Waals surface area contributed by atoms with Crippen LogP contribution in [-0.4, -0.2) is 132 Å². The monoisotopic (exact) mass is 1030 g/mol. The summed E-state index contributed by atoms with van der Waals surface area (Å²) in [6, 6.07) is 10.4. The lowest BCUT2D eigenvalue weighted by Gasteiger charge is -2.38. The Kier molecular flexibility index (Phi) is 13.4. The largest absolute Gasteiger partial charge is 0.508 e. The molecule has 5 aliphatic heterocycles. The number of benzene rings is 3. The van der Waals surface area contributed by atoms with E-state index in [4.69, 9.17) is 19.2 Å². The number of hydrogen-bond acceptors (Lipinski definition) is 14. The predicted molar refractivity (Wildman–Crippen MR) is 275 cm³/mol. The first-order valence-electron chi connectivity index (χ1n) is 26.4. The zero-order chi connectivity index (χ0) is 52.3. The number of piperidine rings is 3. The van der Waals surface area contributed by atoms with Crippen molar-refractivity contribution >= 4 is 56.4 Å². The van der Waals surface area contributed by atoms with Gasteiger partial charge in [-0.05, 0) is 137 Å². The fourth-order valence-corrected chi connectivity index (χ4v) is 12.6. The molecule has 5 saturated heterocycles. The van der Waals surface area contributed by atoms with Gasteiger partial charge in [-0.3, -0.25) is 33.9 Å². The van der Waals surface area contributed by atoms with E-state index < -0.39 is 29.2 Å². The molecule has 75 heavy (non-hydrogen) atoms. The van der Waals surface area contributed by atoms with Crippen LogP contribution in [0.5, 0.6) is 17.5 Å². The van der Waals surface area contributed by atoms with E-state index in [1.807, 2.05) is 11.8 Å². The molecule has 20 heteroatoms. The summed E-state index contributed by atoms with van der Waals surface area (Å²) >= 11 is 0. The van der Waals surface area contributed by atoms with Crippen molar-refractivity contribution in [3.63, 3.8) is 0 Å². The highest BCUT2D eigenvalue weighted by Crippen LogP contribution is 2.44. The van der Waals surface area contributed by atoms with Gasteiger partial charge in [0.15, 0.2) is 5.82 Å². The number of aryl methyl sites for hydroxylation is 2. The first-order valence-corrected chi connectivity index (χ1v) is 26.4. The second kappa shape index (κ2) is 20.0. The number of imidazole rings is 1. The van der Waals surface area contributed by atoms with E-state index in [2.05, 4.69) is 20.2 Å². The van der Waals surface area contributed by atoms with Crippen LogP contribution in [0.4, 0.5) is 19.4 Å². The van der Waals surface area contributed by atoms with Crippen LogP contribution in [0, 0.1) is 17.6 Å². The highest BCUT2D eigenvalue weighted by Gasteiger charge is 2.50. The summed E-state index contributed by atoms with van der Waals surface area (Å²) in [5.41, 5.74) is -0.0280. The Morgan fingerprint density at radius 3 is 2.53 bits per heavy atom. The van der Waals surface area contributed by atoms with Crippen molar-refractivity contribution in [1.29, 1.82) is 0 Å². The number of aromatic nitrogens is 5.